The van der Waals surface area contributed by atoms with E-state index in [0.717, 1.165) is 22.9 Å². The summed E-state index contributed by atoms with van der Waals surface area (Å²) < 4.78 is 0.983. The Bertz CT molecular complexity index is 487. The third kappa shape index (κ3) is 3.93. The first-order valence-electron chi connectivity index (χ1n) is 6.02. The zero-order valence-electron chi connectivity index (χ0n) is 10.1. The molecule has 0 saturated heterocycles. The van der Waals surface area contributed by atoms with Crippen LogP contribution >= 0.6 is 15.9 Å². The Morgan fingerprint density at radius 1 is 1.06 bits per heavy atom. The van der Waals surface area contributed by atoms with Crippen LogP contribution in [0, 0.1) is 5.92 Å². The van der Waals surface area contributed by atoms with Crippen molar-refractivity contribution in [1.82, 2.24) is 4.98 Å². The van der Waals surface area contributed by atoms with Gasteiger partial charge in [-0.15, -0.1) is 0 Å². The second-order valence-electron chi connectivity index (χ2n) is 4.45. The van der Waals surface area contributed by atoms with Crippen molar-refractivity contribution < 1.29 is 5.11 Å². The van der Waals surface area contributed by atoms with Gasteiger partial charge in [0.1, 0.15) is 0 Å². The predicted octanol–water partition coefficient (Wildman–Crippen LogP) is 3.24. The summed E-state index contributed by atoms with van der Waals surface area (Å²) in [6.45, 7) is 0.196. The summed E-state index contributed by atoms with van der Waals surface area (Å²) in [5.41, 5.74) is 2.42. The standard InChI is InChI=1S/C15H16BrNO/c16-15-8-13(9-17-10-15)7-14(11-18)6-12-4-2-1-3-5-12/h1-5,8-10,14,18H,6-7,11H2. The maximum atomic E-state index is 9.49. The Morgan fingerprint density at radius 2 is 1.78 bits per heavy atom. The molecule has 1 aromatic heterocycles. The van der Waals surface area contributed by atoms with Crippen molar-refractivity contribution in [2.45, 2.75) is 12.8 Å². The molecule has 2 nitrogen and oxygen atoms in total. The van der Waals surface area contributed by atoms with Crippen molar-refractivity contribution in [3.63, 3.8) is 0 Å². The van der Waals surface area contributed by atoms with Gasteiger partial charge in [-0.2, -0.15) is 0 Å². The summed E-state index contributed by atoms with van der Waals surface area (Å²) in [4.78, 5) is 4.15. The molecule has 0 radical (unpaired) electrons. The fourth-order valence-corrected chi connectivity index (χ4v) is 2.46. The largest absolute Gasteiger partial charge is 0.396 e. The Balaban J connectivity index is 2.01. The number of aromatic nitrogens is 1. The number of hydrogen-bond donors (Lipinski definition) is 1. The van der Waals surface area contributed by atoms with E-state index in [4.69, 9.17) is 0 Å². The lowest BCUT2D eigenvalue weighted by atomic mass is 9.94. The number of pyridine rings is 1. The van der Waals surface area contributed by atoms with Crippen molar-refractivity contribution in [1.29, 1.82) is 0 Å². The maximum absolute atomic E-state index is 9.49. The molecule has 2 rings (SSSR count). The molecule has 0 amide bonds. The van der Waals surface area contributed by atoms with Gasteiger partial charge in [-0.05, 0) is 51.9 Å². The first-order chi connectivity index (χ1) is 8.78. The van der Waals surface area contributed by atoms with Crippen molar-refractivity contribution in [2.24, 2.45) is 5.92 Å². The van der Waals surface area contributed by atoms with Crippen LogP contribution in [0.2, 0.25) is 0 Å². The van der Waals surface area contributed by atoms with Gasteiger partial charge >= 0.3 is 0 Å². The minimum atomic E-state index is 0.196. The van der Waals surface area contributed by atoms with Gasteiger partial charge in [0.25, 0.3) is 0 Å². The minimum absolute atomic E-state index is 0.196. The molecule has 1 aromatic carbocycles. The maximum Gasteiger partial charge on any atom is 0.0465 e. The van der Waals surface area contributed by atoms with Crippen LogP contribution in [0.1, 0.15) is 11.1 Å². The summed E-state index contributed by atoms with van der Waals surface area (Å²) >= 11 is 3.42. The normalized spacial score (nSPS) is 12.3. The average molecular weight is 306 g/mol. The minimum Gasteiger partial charge on any atom is -0.396 e. The average Bonchev–Trinajstić information content (AvgIpc) is 2.39. The smallest absolute Gasteiger partial charge is 0.0465 e. The lowest BCUT2D eigenvalue weighted by molar-refractivity contribution is 0.225. The first kappa shape index (κ1) is 13.2. The van der Waals surface area contributed by atoms with E-state index in [1.165, 1.54) is 5.56 Å². The number of rotatable bonds is 5. The molecule has 1 N–H and O–H groups in total. The second kappa shape index (κ2) is 6.66. The monoisotopic (exact) mass is 305 g/mol. The van der Waals surface area contributed by atoms with Gasteiger partial charge in [-0.25, -0.2) is 0 Å². The van der Waals surface area contributed by atoms with E-state index in [2.05, 4.69) is 39.1 Å². The van der Waals surface area contributed by atoms with Crippen LogP contribution in [0.5, 0.6) is 0 Å². The Labute approximate surface area is 116 Å². The SMILES string of the molecule is OCC(Cc1ccccc1)Cc1cncc(Br)c1. The Morgan fingerprint density at radius 3 is 2.44 bits per heavy atom. The van der Waals surface area contributed by atoms with Gasteiger partial charge in [0.05, 0.1) is 0 Å². The number of hydrogen-bond acceptors (Lipinski definition) is 2. The highest BCUT2D eigenvalue weighted by Gasteiger charge is 2.10. The van der Waals surface area contributed by atoms with Gasteiger partial charge in [0.2, 0.25) is 0 Å². The predicted molar refractivity (Wildman–Crippen MR) is 76.4 cm³/mol. The third-order valence-electron chi connectivity index (χ3n) is 2.91. The van der Waals surface area contributed by atoms with Crippen LogP contribution in [0.3, 0.4) is 0 Å². The van der Waals surface area contributed by atoms with Crippen molar-refractivity contribution in [2.75, 3.05) is 6.61 Å². The van der Waals surface area contributed by atoms with Crippen LogP contribution in [0.4, 0.5) is 0 Å². The van der Waals surface area contributed by atoms with Gasteiger partial charge in [-0.3, -0.25) is 4.98 Å². The van der Waals surface area contributed by atoms with E-state index in [1.807, 2.05) is 24.4 Å². The molecule has 0 aliphatic carbocycles. The highest BCUT2D eigenvalue weighted by Crippen LogP contribution is 2.16. The van der Waals surface area contributed by atoms with Gasteiger partial charge < -0.3 is 5.11 Å². The first-order valence-corrected chi connectivity index (χ1v) is 6.81. The molecule has 0 aliphatic rings. The summed E-state index contributed by atoms with van der Waals surface area (Å²) in [5.74, 6) is 0.239. The van der Waals surface area contributed by atoms with E-state index in [9.17, 15) is 5.11 Å². The molecule has 0 aliphatic heterocycles. The highest BCUT2D eigenvalue weighted by molar-refractivity contribution is 9.10. The molecule has 94 valence electrons. The topological polar surface area (TPSA) is 33.1 Å². The second-order valence-corrected chi connectivity index (χ2v) is 5.37. The van der Waals surface area contributed by atoms with Crippen molar-refractivity contribution >= 4 is 15.9 Å². The van der Waals surface area contributed by atoms with E-state index >= 15 is 0 Å². The summed E-state index contributed by atoms with van der Waals surface area (Å²) in [6.07, 6.45) is 5.37. The number of nitrogens with zero attached hydrogens (tertiary/aromatic N) is 1. The molecule has 0 saturated carbocycles. The van der Waals surface area contributed by atoms with E-state index in [-0.39, 0.29) is 12.5 Å². The van der Waals surface area contributed by atoms with Crippen LogP contribution in [-0.2, 0) is 12.8 Å². The van der Waals surface area contributed by atoms with Crippen LogP contribution in [0.15, 0.2) is 53.3 Å². The third-order valence-corrected chi connectivity index (χ3v) is 3.34. The van der Waals surface area contributed by atoms with Crippen LogP contribution in [0.25, 0.3) is 0 Å². The van der Waals surface area contributed by atoms with Crippen LogP contribution < -0.4 is 0 Å². The van der Waals surface area contributed by atoms with E-state index in [0.29, 0.717) is 0 Å². The lowest BCUT2D eigenvalue weighted by Gasteiger charge is -2.14. The highest BCUT2D eigenvalue weighted by atomic mass is 79.9. The molecule has 3 heteroatoms. The molecule has 18 heavy (non-hydrogen) atoms. The number of aliphatic hydroxyl groups excluding tert-OH is 1. The molecular weight excluding hydrogens is 290 g/mol. The molecule has 1 unspecified atom stereocenters. The number of benzene rings is 1. The fraction of sp³-hybridized carbons (Fsp3) is 0.267. The summed E-state index contributed by atoms with van der Waals surface area (Å²) in [6, 6.07) is 12.3. The van der Waals surface area contributed by atoms with Crippen molar-refractivity contribution in [3.8, 4) is 0 Å². The quantitative estimate of drug-likeness (QED) is 0.920. The number of aliphatic hydroxyl groups is 1. The van der Waals surface area contributed by atoms with Gasteiger partial charge in [-0.1, -0.05) is 30.3 Å². The number of halogens is 1. The Hall–Kier alpha value is -1.19. The molecule has 2 aromatic rings. The molecule has 0 fully saturated rings. The van der Waals surface area contributed by atoms with Gasteiger partial charge in [0, 0.05) is 23.5 Å². The van der Waals surface area contributed by atoms with E-state index < -0.39 is 0 Å². The zero-order valence-corrected chi connectivity index (χ0v) is 11.7. The molecular formula is C15H16BrNO. The summed E-state index contributed by atoms with van der Waals surface area (Å²) in [5, 5.41) is 9.49. The van der Waals surface area contributed by atoms with Gasteiger partial charge in [0.15, 0.2) is 0 Å². The van der Waals surface area contributed by atoms with E-state index in [1.54, 1.807) is 6.20 Å². The van der Waals surface area contributed by atoms with Crippen LogP contribution in [-0.4, -0.2) is 16.7 Å². The molecule has 1 heterocycles. The fourth-order valence-electron chi connectivity index (χ4n) is 2.05. The molecule has 0 spiro atoms. The summed E-state index contributed by atoms with van der Waals surface area (Å²) in [7, 11) is 0. The Kier molecular flexibility index (Phi) is 4.90. The molecule has 0 bridgehead atoms. The molecule has 1 atom stereocenters. The van der Waals surface area contributed by atoms with Crippen molar-refractivity contribution in [3.05, 3.63) is 64.4 Å². The lowest BCUT2D eigenvalue weighted by Crippen LogP contribution is -2.13. The zero-order chi connectivity index (χ0) is 12.8.